The fourth-order valence-electron chi connectivity index (χ4n) is 3.38. The van der Waals surface area contributed by atoms with Crippen molar-refractivity contribution in [3.63, 3.8) is 0 Å². The third-order valence-electron chi connectivity index (χ3n) is 4.91. The standard InChI is InChI=1S/C22H18FN3O3/c1-29-20-12-4-15(5-13-20)21-14-22(16-2-6-17(23)7-3-16)25(24-21)18-8-10-19(11-9-18)26(27)28/h2-13,22H,14H2,1H3. The molecule has 0 radical (unpaired) electrons. The second-order valence-corrected chi connectivity index (χ2v) is 6.66. The van der Waals surface area contributed by atoms with E-state index in [4.69, 9.17) is 9.84 Å². The van der Waals surface area contributed by atoms with Crippen molar-refractivity contribution >= 4 is 17.1 Å². The fourth-order valence-corrected chi connectivity index (χ4v) is 3.38. The summed E-state index contributed by atoms with van der Waals surface area (Å²) in [7, 11) is 1.61. The number of rotatable bonds is 5. The van der Waals surface area contributed by atoms with Gasteiger partial charge in [-0.15, -0.1) is 0 Å². The van der Waals surface area contributed by atoms with Crippen LogP contribution in [-0.4, -0.2) is 17.7 Å². The molecule has 0 bridgehead atoms. The number of non-ortho nitro benzene ring substituents is 1. The summed E-state index contributed by atoms with van der Waals surface area (Å²) in [6.07, 6.45) is 0.620. The first-order chi connectivity index (χ1) is 14.0. The van der Waals surface area contributed by atoms with Gasteiger partial charge in [0.2, 0.25) is 0 Å². The Hall–Kier alpha value is -3.74. The number of nitro benzene ring substituents is 1. The Morgan fingerprint density at radius 2 is 1.69 bits per heavy atom. The number of hydrogen-bond acceptors (Lipinski definition) is 5. The van der Waals surface area contributed by atoms with E-state index in [-0.39, 0.29) is 17.5 Å². The van der Waals surface area contributed by atoms with E-state index >= 15 is 0 Å². The van der Waals surface area contributed by atoms with Crippen molar-refractivity contribution in [2.75, 3.05) is 12.1 Å². The lowest BCUT2D eigenvalue weighted by molar-refractivity contribution is -0.384. The molecule has 1 unspecified atom stereocenters. The molecule has 4 rings (SSSR count). The van der Waals surface area contributed by atoms with Crippen molar-refractivity contribution in [2.24, 2.45) is 5.10 Å². The number of hydrogen-bond donors (Lipinski definition) is 0. The van der Waals surface area contributed by atoms with E-state index < -0.39 is 4.92 Å². The van der Waals surface area contributed by atoms with Crippen LogP contribution in [0.1, 0.15) is 23.6 Å². The van der Waals surface area contributed by atoms with Crippen LogP contribution in [0.2, 0.25) is 0 Å². The summed E-state index contributed by atoms with van der Waals surface area (Å²) >= 11 is 0. The van der Waals surface area contributed by atoms with Gasteiger partial charge in [-0.1, -0.05) is 12.1 Å². The van der Waals surface area contributed by atoms with Crippen LogP contribution in [0.3, 0.4) is 0 Å². The average molecular weight is 391 g/mol. The number of benzene rings is 3. The van der Waals surface area contributed by atoms with Crippen LogP contribution in [0.15, 0.2) is 77.9 Å². The highest BCUT2D eigenvalue weighted by molar-refractivity contribution is 6.03. The maximum atomic E-state index is 13.4. The van der Waals surface area contributed by atoms with Crippen LogP contribution < -0.4 is 9.75 Å². The molecule has 1 atom stereocenters. The maximum absolute atomic E-state index is 13.4. The van der Waals surface area contributed by atoms with Gasteiger partial charge in [0.05, 0.1) is 29.5 Å². The van der Waals surface area contributed by atoms with Crippen molar-refractivity contribution in [1.82, 2.24) is 0 Å². The number of ether oxygens (including phenoxy) is 1. The Kier molecular flexibility index (Phi) is 4.95. The topological polar surface area (TPSA) is 68.0 Å². The van der Waals surface area contributed by atoms with Crippen LogP contribution in [0.5, 0.6) is 5.75 Å². The number of halogens is 1. The lowest BCUT2D eigenvalue weighted by Gasteiger charge is -2.23. The average Bonchev–Trinajstić information content (AvgIpc) is 3.20. The van der Waals surface area contributed by atoms with Crippen molar-refractivity contribution in [1.29, 1.82) is 0 Å². The minimum Gasteiger partial charge on any atom is -0.497 e. The van der Waals surface area contributed by atoms with E-state index in [0.717, 1.165) is 28.3 Å². The molecule has 6 nitrogen and oxygen atoms in total. The molecular weight excluding hydrogens is 373 g/mol. The van der Waals surface area contributed by atoms with Gasteiger partial charge in [0.25, 0.3) is 5.69 Å². The summed E-state index contributed by atoms with van der Waals surface area (Å²) in [4.78, 5) is 10.5. The lowest BCUT2D eigenvalue weighted by atomic mass is 9.98. The molecule has 1 aliphatic heterocycles. The Bertz CT molecular complexity index is 1050. The molecule has 7 heteroatoms. The predicted molar refractivity (Wildman–Crippen MR) is 109 cm³/mol. The van der Waals surface area contributed by atoms with Gasteiger partial charge in [0.15, 0.2) is 0 Å². The summed E-state index contributed by atoms with van der Waals surface area (Å²) < 4.78 is 18.6. The zero-order chi connectivity index (χ0) is 20.4. The number of anilines is 1. The number of nitro groups is 1. The Labute approximate surface area is 167 Å². The second kappa shape index (κ2) is 7.71. The molecule has 29 heavy (non-hydrogen) atoms. The Balaban J connectivity index is 1.71. The summed E-state index contributed by atoms with van der Waals surface area (Å²) in [5, 5.41) is 17.6. The number of hydrazone groups is 1. The van der Waals surface area contributed by atoms with Crippen LogP contribution in [0.25, 0.3) is 0 Å². The van der Waals surface area contributed by atoms with Gasteiger partial charge in [-0.3, -0.25) is 15.1 Å². The maximum Gasteiger partial charge on any atom is 0.269 e. The molecule has 3 aromatic carbocycles. The molecule has 0 amide bonds. The molecule has 0 saturated heterocycles. The SMILES string of the molecule is COc1ccc(C2=NN(c3ccc([N+](=O)[O-])cc3)C(c3ccc(F)cc3)C2)cc1. The third-order valence-corrected chi connectivity index (χ3v) is 4.91. The van der Waals surface area contributed by atoms with E-state index in [2.05, 4.69) is 0 Å². The molecule has 146 valence electrons. The van der Waals surface area contributed by atoms with Gasteiger partial charge >= 0.3 is 0 Å². The Morgan fingerprint density at radius 1 is 1.03 bits per heavy atom. The van der Waals surface area contributed by atoms with Crippen LogP contribution in [-0.2, 0) is 0 Å². The van der Waals surface area contributed by atoms with Gasteiger partial charge in [0.1, 0.15) is 11.6 Å². The first kappa shape index (κ1) is 18.6. The fraction of sp³-hybridized carbons (Fsp3) is 0.136. The monoisotopic (exact) mass is 391 g/mol. The molecule has 0 N–H and O–H groups in total. The highest BCUT2D eigenvalue weighted by Gasteiger charge is 2.30. The molecule has 1 aliphatic rings. The molecule has 0 fully saturated rings. The molecule has 0 saturated carbocycles. The third kappa shape index (κ3) is 3.80. The minimum absolute atomic E-state index is 0.0191. The number of nitrogens with zero attached hydrogens (tertiary/aromatic N) is 3. The Morgan fingerprint density at radius 3 is 2.28 bits per heavy atom. The minimum atomic E-state index is -0.433. The highest BCUT2D eigenvalue weighted by Crippen LogP contribution is 2.37. The van der Waals surface area contributed by atoms with Crippen molar-refractivity contribution in [3.8, 4) is 5.75 Å². The van der Waals surface area contributed by atoms with Crippen LogP contribution in [0.4, 0.5) is 15.8 Å². The molecule has 0 aliphatic carbocycles. The zero-order valence-electron chi connectivity index (χ0n) is 15.7. The first-order valence-corrected chi connectivity index (χ1v) is 9.06. The van der Waals surface area contributed by atoms with E-state index in [9.17, 15) is 14.5 Å². The van der Waals surface area contributed by atoms with Gasteiger partial charge in [-0.05, 0) is 59.7 Å². The van der Waals surface area contributed by atoms with Gasteiger partial charge in [0, 0.05) is 18.6 Å². The predicted octanol–water partition coefficient (Wildman–Crippen LogP) is 5.10. The molecule has 0 aromatic heterocycles. The number of methoxy groups -OCH3 is 1. The van der Waals surface area contributed by atoms with Gasteiger partial charge < -0.3 is 4.74 Å². The van der Waals surface area contributed by atoms with E-state index in [1.54, 1.807) is 31.4 Å². The summed E-state index contributed by atoms with van der Waals surface area (Å²) in [6, 6.07) is 20.1. The van der Waals surface area contributed by atoms with Crippen molar-refractivity contribution in [3.05, 3.63) is 99.9 Å². The van der Waals surface area contributed by atoms with Gasteiger partial charge in [-0.25, -0.2) is 4.39 Å². The molecule has 1 heterocycles. The van der Waals surface area contributed by atoms with Crippen molar-refractivity contribution < 1.29 is 14.1 Å². The highest BCUT2D eigenvalue weighted by atomic mass is 19.1. The van der Waals surface area contributed by atoms with E-state index in [1.165, 1.54) is 24.3 Å². The first-order valence-electron chi connectivity index (χ1n) is 9.06. The van der Waals surface area contributed by atoms with Crippen molar-refractivity contribution in [2.45, 2.75) is 12.5 Å². The largest absolute Gasteiger partial charge is 0.497 e. The van der Waals surface area contributed by atoms with Crippen LogP contribution in [0, 0.1) is 15.9 Å². The summed E-state index contributed by atoms with van der Waals surface area (Å²) in [5.41, 5.74) is 3.50. The van der Waals surface area contributed by atoms with Crippen LogP contribution >= 0.6 is 0 Å². The second-order valence-electron chi connectivity index (χ2n) is 6.66. The van der Waals surface area contributed by atoms with E-state index in [0.29, 0.717) is 6.42 Å². The normalized spacial score (nSPS) is 15.9. The molecule has 3 aromatic rings. The van der Waals surface area contributed by atoms with E-state index in [1.807, 2.05) is 29.3 Å². The smallest absolute Gasteiger partial charge is 0.269 e. The lowest BCUT2D eigenvalue weighted by Crippen LogP contribution is -2.18. The zero-order valence-corrected chi connectivity index (χ0v) is 15.7. The summed E-state index contributed by atoms with van der Waals surface area (Å²) in [6.45, 7) is 0. The summed E-state index contributed by atoms with van der Waals surface area (Å²) in [5.74, 6) is 0.458. The molecule has 0 spiro atoms. The molecular formula is C22H18FN3O3. The van der Waals surface area contributed by atoms with Gasteiger partial charge in [-0.2, -0.15) is 5.10 Å². The quantitative estimate of drug-likeness (QED) is 0.448.